The molecule has 0 aliphatic rings. The number of hydrogen-bond donors (Lipinski definition) is 0. The van der Waals surface area contributed by atoms with Gasteiger partial charge in [-0.05, 0) is 25.4 Å². The molecular formula is C11H25N. The Morgan fingerprint density at radius 3 is 1.75 bits per heavy atom. The average Bonchev–Trinajstić information content (AvgIpc) is 2.05. The quantitative estimate of drug-likeness (QED) is 0.593. The molecular weight excluding hydrogens is 146 g/mol. The van der Waals surface area contributed by atoms with Crippen LogP contribution in [0.4, 0.5) is 0 Å². The summed E-state index contributed by atoms with van der Waals surface area (Å²) in [6, 6.07) is 0.796. The zero-order chi connectivity index (χ0) is 9.56. The molecule has 1 nitrogen and oxygen atoms in total. The molecule has 1 atom stereocenters. The normalized spacial score (nSPS) is 14.2. The van der Waals surface area contributed by atoms with Gasteiger partial charge in [-0.25, -0.2) is 0 Å². The molecule has 1 heteroatoms. The van der Waals surface area contributed by atoms with Crippen LogP contribution in [0.25, 0.3) is 0 Å². The minimum absolute atomic E-state index is 0.796. The van der Waals surface area contributed by atoms with Crippen LogP contribution in [0, 0.1) is 5.92 Å². The van der Waals surface area contributed by atoms with Gasteiger partial charge in [-0.3, -0.25) is 0 Å². The van der Waals surface area contributed by atoms with Crippen molar-refractivity contribution in [3.05, 3.63) is 0 Å². The highest BCUT2D eigenvalue weighted by molar-refractivity contribution is 4.72. The van der Waals surface area contributed by atoms with Gasteiger partial charge in [0.05, 0.1) is 0 Å². The first kappa shape index (κ1) is 12.0. The van der Waals surface area contributed by atoms with E-state index < -0.39 is 0 Å². The van der Waals surface area contributed by atoms with E-state index >= 15 is 0 Å². The molecule has 0 bridgehead atoms. The van der Waals surface area contributed by atoms with E-state index in [1.807, 2.05) is 0 Å². The summed E-state index contributed by atoms with van der Waals surface area (Å²) in [5.74, 6) is 0.796. The van der Waals surface area contributed by atoms with Crippen LogP contribution in [-0.2, 0) is 0 Å². The molecule has 0 aliphatic heterocycles. The van der Waals surface area contributed by atoms with E-state index in [0.717, 1.165) is 12.0 Å². The molecule has 0 saturated carbocycles. The molecule has 0 spiro atoms. The van der Waals surface area contributed by atoms with Gasteiger partial charge in [0.2, 0.25) is 0 Å². The molecule has 0 fully saturated rings. The van der Waals surface area contributed by atoms with Crippen molar-refractivity contribution in [1.29, 1.82) is 0 Å². The van der Waals surface area contributed by atoms with E-state index in [2.05, 4.69) is 39.5 Å². The molecule has 12 heavy (non-hydrogen) atoms. The molecule has 0 aromatic carbocycles. The van der Waals surface area contributed by atoms with Crippen LogP contribution in [0.15, 0.2) is 0 Å². The standard InChI is InChI=1S/C11H25N/c1-6-9-11(10(4)5)12(7-2)8-3/h10-11H,6-9H2,1-5H3. The lowest BCUT2D eigenvalue weighted by molar-refractivity contribution is 0.160. The molecule has 0 aromatic heterocycles. The highest BCUT2D eigenvalue weighted by atomic mass is 15.1. The second-order valence-electron chi connectivity index (χ2n) is 3.82. The molecule has 0 heterocycles. The van der Waals surface area contributed by atoms with Gasteiger partial charge in [-0.1, -0.05) is 41.0 Å². The number of rotatable bonds is 6. The zero-order valence-electron chi connectivity index (χ0n) is 9.43. The summed E-state index contributed by atoms with van der Waals surface area (Å²) in [6.07, 6.45) is 2.65. The molecule has 0 N–H and O–H groups in total. The summed E-state index contributed by atoms with van der Waals surface area (Å²) < 4.78 is 0. The van der Waals surface area contributed by atoms with Crippen molar-refractivity contribution in [3.8, 4) is 0 Å². The fourth-order valence-corrected chi connectivity index (χ4v) is 1.93. The second-order valence-corrected chi connectivity index (χ2v) is 3.82. The Hall–Kier alpha value is -0.0400. The Balaban J connectivity index is 4.05. The molecule has 0 radical (unpaired) electrons. The molecule has 0 saturated heterocycles. The lowest BCUT2D eigenvalue weighted by Crippen LogP contribution is -2.38. The SMILES string of the molecule is CCCC(C(C)C)N(CC)CC. The van der Waals surface area contributed by atoms with Gasteiger partial charge in [-0.15, -0.1) is 0 Å². The van der Waals surface area contributed by atoms with Crippen LogP contribution in [0.5, 0.6) is 0 Å². The van der Waals surface area contributed by atoms with Gasteiger partial charge >= 0.3 is 0 Å². The molecule has 1 unspecified atom stereocenters. The lowest BCUT2D eigenvalue weighted by Gasteiger charge is -2.32. The first-order chi connectivity index (χ1) is 5.67. The van der Waals surface area contributed by atoms with Crippen molar-refractivity contribution in [3.63, 3.8) is 0 Å². The summed E-state index contributed by atoms with van der Waals surface area (Å²) in [4.78, 5) is 2.58. The summed E-state index contributed by atoms with van der Waals surface area (Å²) in [5, 5.41) is 0. The smallest absolute Gasteiger partial charge is 0.0118 e. The van der Waals surface area contributed by atoms with Crippen molar-refractivity contribution >= 4 is 0 Å². The Labute approximate surface area is 78.1 Å². The highest BCUT2D eigenvalue weighted by Gasteiger charge is 2.17. The second kappa shape index (κ2) is 6.47. The molecule has 0 rings (SSSR count). The average molecular weight is 171 g/mol. The Morgan fingerprint density at radius 2 is 1.50 bits per heavy atom. The van der Waals surface area contributed by atoms with Gasteiger partial charge < -0.3 is 4.90 Å². The predicted molar refractivity (Wildman–Crippen MR) is 56.5 cm³/mol. The topological polar surface area (TPSA) is 3.24 Å². The third-order valence-corrected chi connectivity index (χ3v) is 2.64. The third-order valence-electron chi connectivity index (χ3n) is 2.64. The van der Waals surface area contributed by atoms with Crippen LogP contribution in [0.3, 0.4) is 0 Å². The van der Waals surface area contributed by atoms with Crippen molar-refractivity contribution in [2.75, 3.05) is 13.1 Å². The minimum atomic E-state index is 0.796. The van der Waals surface area contributed by atoms with Crippen LogP contribution in [0.2, 0.25) is 0 Å². The van der Waals surface area contributed by atoms with E-state index in [1.54, 1.807) is 0 Å². The summed E-state index contributed by atoms with van der Waals surface area (Å²) >= 11 is 0. The van der Waals surface area contributed by atoms with Crippen LogP contribution in [-0.4, -0.2) is 24.0 Å². The van der Waals surface area contributed by atoms with E-state index in [9.17, 15) is 0 Å². The number of hydrogen-bond acceptors (Lipinski definition) is 1. The van der Waals surface area contributed by atoms with Gasteiger partial charge in [-0.2, -0.15) is 0 Å². The lowest BCUT2D eigenvalue weighted by atomic mass is 9.98. The number of nitrogens with zero attached hydrogens (tertiary/aromatic N) is 1. The maximum atomic E-state index is 2.58. The molecule has 74 valence electrons. The largest absolute Gasteiger partial charge is 0.301 e. The summed E-state index contributed by atoms with van der Waals surface area (Å²) in [6.45, 7) is 13.8. The van der Waals surface area contributed by atoms with Crippen LogP contribution in [0.1, 0.15) is 47.5 Å². The fraction of sp³-hybridized carbons (Fsp3) is 1.00. The fourth-order valence-electron chi connectivity index (χ4n) is 1.93. The monoisotopic (exact) mass is 171 g/mol. The Morgan fingerprint density at radius 1 is 1.00 bits per heavy atom. The van der Waals surface area contributed by atoms with Crippen molar-refractivity contribution in [2.45, 2.75) is 53.5 Å². The summed E-state index contributed by atoms with van der Waals surface area (Å²) in [7, 11) is 0. The first-order valence-corrected chi connectivity index (χ1v) is 5.41. The minimum Gasteiger partial charge on any atom is -0.301 e. The molecule has 0 aromatic rings. The van der Waals surface area contributed by atoms with E-state index in [-0.39, 0.29) is 0 Å². The van der Waals surface area contributed by atoms with Gasteiger partial charge in [0, 0.05) is 6.04 Å². The van der Waals surface area contributed by atoms with E-state index in [0.29, 0.717) is 0 Å². The molecule has 0 aliphatic carbocycles. The van der Waals surface area contributed by atoms with Crippen molar-refractivity contribution in [1.82, 2.24) is 4.90 Å². The van der Waals surface area contributed by atoms with Gasteiger partial charge in [0.1, 0.15) is 0 Å². The molecule has 0 amide bonds. The maximum absolute atomic E-state index is 2.58. The van der Waals surface area contributed by atoms with Crippen LogP contribution < -0.4 is 0 Å². The predicted octanol–water partition coefficient (Wildman–Crippen LogP) is 3.15. The third kappa shape index (κ3) is 3.57. The Bertz CT molecular complexity index is 95.2. The summed E-state index contributed by atoms with van der Waals surface area (Å²) in [5.41, 5.74) is 0. The zero-order valence-corrected chi connectivity index (χ0v) is 9.43. The van der Waals surface area contributed by atoms with Crippen molar-refractivity contribution in [2.24, 2.45) is 5.92 Å². The van der Waals surface area contributed by atoms with E-state index in [1.165, 1.54) is 25.9 Å². The maximum Gasteiger partial charge on any atom is 0.0118 e. The van der Waals surface area contributed by atoms with E-state index in [4.69, 9.17) is 0 Å². The first-order valence-electron chi connectivity index (χ1n) is 5.41. The Kier molecular flexibility index (Phi) is 6.45. The highest BCUT2D eigenvalue weighted by Crippen LogP contribution is 2.15. The van der Waals surface area contributed by atoms with Gasteiger partial charge in [0.15, 0.2) is 0 Å². The van der Waals surface area contributed by atoms with Gasteiger partial charge in [0.25, 0.3) is 0 Å². The van der Waals surface area contributed by atoms with Crippen molar-refractivity contribution < 1.29 is 0 Å². The van der Waals surface area contributed by atoms with Crippen LogP contribution >= 0.6 is 0 Å².